The van der Waals surface area contributed by atoms with Crippen molar-refractivity contribution in [2.45, 2.75) is 26.2 Å². The number of ether oxygens (including phenoxy) is 1. The molecule has 4 nitrogen and oxygen atoms in total. The lowest BCUT2D eigenvalue weighted by Crippen LogP contribution is -2.17. The van der Waals surface area contributed by atoms with Crippen molar-refractivity contribution in [3.05, 3.63) is 40.6 Å². The van der Waals surface area contributed by atoms with Crippen molar-refractivity contribution in [2.24, 2.45) is 0 Å². The molecule has 0 amide bonds. The monoisotopic (exact) mass is 335 g/mol. The van der Waals surface area contributed by atoms with E-state index >= 15 is 0 Å². The number of hydrogen-bond donors (Lipinski definition) is 1. The number of anilines is 1. The molecule has 0 fully saturated rings. The van der Waals surface area contributed by atoms with Crippen molar-refractivity contribution in [1.82, 2.24) is 9.97 Å². The van der Waals surface area contributed by atoms with Gasteiger partial charge in [0, 0.05) is 23.0 Å². The zero-order valence-corrected chi connectivity index (χ0v) is 13.7. The van der Waals surface area contributed by atoms with Crippen molar-refractivity contribution in [1.29, 1.82) is 0 Å². The van der Waals surface area contributed by atoms with E-state index in [1.807, 2.05) is 31.3 Å². The first-order valence-electron chi connectivity index (χ1n) is 6.39. The average molecular weight is 336 g/mol. The molecule has 0 saturated heterocycles. The van der Waals surface area contributed by atoms with Crippen LogP contribution in [0.1, 0.15) is 26.6 Å². The summed E-state index contributed by atoms with van der Waals surface area (Å²) >= 11 is 3.40. The second-order valence-corrected chi connectivity index (χ2v) is 6.39. The van der Waals surface area contributed by atoms with Crippen molar-refractivity contribution < 1.29 is 4.74 Å². The third kappa shape index (κ3) is 3.70. The zero-order valence-electron chi connectivity index (χ0n) is 12.1. The largest absolute Gasteiger partial charge is 0.439 e. The van der Waals surface area contributed by atoms with Gasteiger partial charge in [0.05, 0.1) is 0 Å². The predicted octanol–water partition coefficient (Wildman–Crippen LogP) is 4.37. The van der Waals surface area contributed by atoms with Gasteiger partial charge in [-0.3, -0.25) is 0 Å². The highest BCUT2D eigenvalue weighted by molar-refractivity contribution is 9.10. The minimum Gasteiger partial charge on any atom is -0.439 e. The molecule has 0 aliphatic carbocycles. The molecule has 0 atom stereocenters. The maximum Gasteiger partial charge on any atom is 0.224 e. The molecule has 20 heavy (non-hydrogen) atoms. The van der Waals surface area contributed by atoms with Crippen LogP contribution in [0.5, 0.6) is 11.6 Å². The Morgan fingerprint density at radius 1 is 1.10 bits per heavy atom. The second-order valence-electron chi connectivity index (χ2n) is 5.47. The number of aromatic nitrogens is 2. The Morgan fingerprint density at radius 3 is 2.30 bits per heavy atom. The smallest absolute Gasteiger partial charge is 0.224 e. The molecular weight excluding hydrogens is 318 g/mol. The fourth-order valence-electron chi connectivity index (χ4n) is 1.56. The topological polar surface area (TPSA) is 47.0 Å². The molecule has 0 unspecified atom stereocenters. The summed E-state index contributed by atoms with van der Waals surface area (Å²) < 4.78 is 6.81. The lowest BCUT2D eigenvalue weighted by atomic mass is 9.96. The summed E-state index contributed by atoms with van der Waals surface area (Å²) in [6.45, 7) is 6.22. The molecule has 0 saturated carbocycles. The van der Waals surface area contributed by atoms with Gasteiger partial charge in [0.15, 0.2) is 0 Å². The number of nitrogens with zero attached hydrogens (tertiary/aromatic N) is 2. The van der Waals surface area contributed by atoms with Gasteiger partial charge in [-0.05, 0) is 24.3 Å². The maximum absolute atomic E-state index is 5.80. The van der Waals surface area contributed by atoms with Gasteiger partial charge in [0.1, 0.15) is 17.4 Å². The van der Waals surface area contributed by atoms with Crippen LogP contribution in [0.3, 0.4) is 0 Å². The Labute approximate surface area is 127 Å². The van der Waals surface area contributed by atoms with Crippen molar-refractivity contribution in [3.8, 4) is 11.6 Å². The van der Waals surface area contributed by atoms with Crippen LogP contribution in [0.2, 0.25) is 0 Å². The number of halogens is 1. The lowest BCUT2D eigenvalue weighted by Gasteiger charge is -2.18. The predicted molar refractivity (Wildman–Crippen MR) is 84.5 cm³/mol. The van der Waals surface area contributed by atoms with Gasteiger partial charge in [-0.1, -0.05) is 36.7 Å². The molecule has 0 aliphatic rings. The van der Waals surface area contributed by atoms with Gasteiger partial charge in [-0.15, -0.1) is 0 Å². The molecule has 2 aromatic rings. The van der Waals surface area contributed by atoms with Crippen LogP contribution in [0.4, 0.5) is 5.82 Å². The molecular formula is C15H18BrN3O. The molecule has 5 heteroatoms. The van der Waals surface area contributed by atoms with Crippen LogP contribution in [-0.4, -0.2) is 17.0 Å². The van der Waals surface area contributed by atoms with E-state index in [1.165, 1.54) is 0 Å². The van der Waals surface area contributed by atoms with Gasteiger partial charge in [0.25, 0.3) is 0 Å². The molecule has 1 heterocycles. The first-order chi connectivity index (χ1) is 9.38. The zero-order chi connectivity index (χ0) is 14.8. The van der Waals surface area contributed by atoms with E-state index in [4.69, 9.17) is 4.74 Å². The highest BCUT2D eigenvalue weighted by Gasteiger charge is 2.19. The quantitative estimate of drug-likeness (QED) is 0.904. The molecule has 1 aromatic heterocycles. The van der Waals surface area contributed by atoms with Crippen LogP contribution < -0.4 is 10.1 Å². The SMILES string of the molecule is CNc1cc(Oc2ccc(Br)cc2)nc(C(C)(C)C)n1. The molecule has 106 valence electrons. The Bertz CT molecular complexity index is 591. The maximum atomic E-state index is 5.80. The fourth-order valence-corrected chi connectivity index (χ4v) is 1.83. The summed E-state index contributed by atoms with van der Waals surface area (Å²) in [6, 6.07) is 9.43. The number of benzene rings is 1. The fraction of sp³-hybridized carbons (Fsp3) is 0.333. The number of rotatable bonds is 3. The standard InChI is InChI=1S/C15H18BrN3O/c1-15(2,3)14-18-12(17-4)9-13(19-14)20-11-7-5-10(16)6-8-11/h5-9H,1-4H3,(H,17,18,19). The summed E-state index contributed by atoms with van der Waals surface area (Å²) in [5.74, 6) is 2.78. The third-order valence-corrected chi connectivity index (χ3v) is 3.19. The average Bonchev–Trinajstić information content (AvgIpc) is 2.40. The highest BCUT2D eigenvalue weighted by Crippen LogP contribution is 2.27. The second kappa shape index (κ2) is 5.79. The van der Waals surface area contributed by atoms with E-state index in [9.17, 15) is 0 Å². The normalized spacial score (nSPS) is 11.2. The van der Waals surface area contributed by atoms with E-state index in [0.717, 1.165) is 21.9 Å². The van der Waals surface area contributed by atoms with Crippen LogP contribution in [-0.2, 0) is 5.41 Å². The molecule has 0 bridgehead atoms. The molecule has 0 aliphatic heterocycles. The Hall–Kier alpha value is -1.62. The van der Waals surface area contributed by atoms with E-state index < -0.39 is 0 Å². The molecule has 2 rings (SSSR count). The summed E-state index contributed by atoms with van der Waals surface area (Å²) in [4.78, 5) is 8.95. The van der Waals surface area contributed by atoms with Crippen LogP contribution in [0.25, 0.3) is 0 Å². The molecule has 0 spiro atoms. The van der Waals surface area contributed by atoms with Crippen LogP contribution in [0.15, 0.2) is 34.8 Å². The summed E-state index contributed by atoms with van der Waals surface area (Å²) in [5.41, 5.74) is -0.134. The summed E-state index contributed by atoms with van der Waals surface area (Å²) in [7, 11) is 1.83. The van der Waals surface area contributed by atoms with Crippen molar-refractivity contribution in [2.75, 3.05) is 12.4 Å². The van der Waals surface area contributed by atoms with E-state index in [0.29, 0.717) is 5.88 Å². The number of nitrogens with one attached hydrogen (secondary N) is 1. The molecule has 0 radical (unpaired) electrons. The van der Waals surface area contributed by atoms with Gasteiger partial charge in [-0.25, -0.2) is 4.98 Å². The third-order valence-electron chi connectivity index (χ3n) is 2.67. The summed E-state index contributed by atoms with van der Waals surface area (Å²) in [6.07, 6.45) is 0. The van der Waals surface area contributed by atoms with Gasteiger partial charge in [-0.2, -0.15) is 4.98 Å². The highest BCUT2D eigenvalue weighted by atomic mass is 79.9. The van der Waals surface area contributed by atoms with Gasteiger partial charge >= 0.3 is 0 Å². The molecule has 1 N–H and O–H groups in total. The first-order valence-corrected chi connectivity index (χ1v) is 7.18. The Balaban J connectivity index is 2.33. The first kappa shape index (κ1) is 14.8. The summed E-state index contributed by atoms with van der Waals surface area (Å²) in [5, 5.41) is 3.04. The van der Waals surface area contributed by atoms with Gasteiger partial charge < -0.3 is 10.1 Å². The Kier molecular flexibility index (Phi) is 4.28. The lowest BCUT2D eigenvalue weighted by molar-refractivity contribution is 0.446. The van der Waals surface area contributed by atoms with Gasteiger partial charge in [0.2, 0.25) is 5.88 Å². The van der Waals surface area contributed by atoms with E-state index in [2.05, 4.69) is 52.0 Å². The minimum atomic E-state index is -0.134. The number of hydrogen-bond acceptors (Lipinski definition) is 4. The van der Waals surface area contributed by atoms with Crippen LogP contribution >= 0.6 is 15.9 Å². The van der Waals surface area contributed by atoms with Crippen molar-refractivity contribution in [3.63, 3.8) is 0 Å². The Morgan fingerprint density at radius 2 is 1.75 bits per heavy atom. The van der Waals surface area contributed by atoms with E-state index in [-0.39, 0.29) is 5.41 Å². The molecule has 1 aromatic carbocycles. The minimum absolute atomic E-state index is 0.134. The van der Waals surface area contributed by atoms with E-state index in [1.54, 1.807) is 6.07 Å². The van der Waals surface area contributed by atoms with Crippen molar-refractivity contribution >= 4 is 21.7 Å². The van der Waals surface area contributed by atoms with Crippen LogP contribution in [0, 0.1) is 0 Å².